The maximum Gasteiger partial charge on any atom is 0.225 e. The Morgan fingerprint density at radius 2 is 2.00 bits per heavy atom. The first-order valence-corrected chi connectivity index (χ1v) is 10.7. The van der Waals surface area contributed by atoms with E-state index in [1.165, 1.54) is 31.4 Å². The van der Waals surface area contributed by atoms with Crippen molar-refractivity contribution in [3.05, 3.63) is 18.0 Å². The van der Waals surface area contributed by atoms with E-state index >= 15 is 0 Å². The number of likely N-dealkylation sites (tertiary alicyclic amines) is 1. The van der Waals surface area contributed by atoms with Gasteiger partial charge < -0.3 is 9.80 Å². The van der Waals surface area contributed by atoms with Crippen molar-refractivity contribution >= 4 is 11.9 Å². The first-order chi connectivity index (χ1) is 13.1. The minimum Gasteiger partial charge on any atom is -0.343 e. The fourth-order valence-corrected chi connectivity index (χ4v) is 5.16. The third-order valence-corrected chi connectivity index (χ3v) is 7.11. The summed E-state index contributed by atoms with van der Waals surface area (Å²) in [6.07, 6.45) is 9.72. The second-order valence-electron chi connectivity index (χ2n) is 8.55. The fourth-order valence-electron chi connectivity index (χ4n) is 5.16. The van der Waals surface area contributed by atoms with Gasteiger partial charge in [0.1, 0.15) is 0 Å². The number of nitrogens with zero attached hydrogens (tertiary/aromatic N) is 5. The summed E-state index contributed by atoms with van der Waals surface area (Å²) in [5, 5.41) is 0. The lowest BCUT2D eigenvalue weighted by atomic mass is 9.86. The second-order valence-corrected chi connectivity index (χ2v) is 8.55. The summed E-state index contributed by atoms with van der Waals surface area (Å²) in [5.74, 6) is 1.80. The number of hydrogen-bond acceptors (Lipinski definition) is 5. The SMILES string of the molecule is CCN1CCC2(CCC1=O)CN(c1nccc(C3CCCC3)n1)CCN2C. The molecule has 2 saturated heterocycles. The molecule has 1 saturated carbocycles. The zero-order valence-corrected chi connectivity index (χ0v) is 16.9. The summed E-state index contributed by atoms with van der Waals surface area (Å²) in [4.78, 5) is 28.8. The normalized spacial score (nSPS) is 28.1. The van der Waals surface area contributed by atoms with E-state index in [4.69, 9.17) is 4.98 Å². The molecule has 1 atom stereocenters. The van der Waals surface area contributed by atoms with E-state index in [1.54, 1.807) is 0 Å². The molecule has 6 heteroatoms. The molecule has 1 aromatic heterocycles. The second kappa shape index (κ2) is 7.74. The van der Waals surface area contributed by atoms with Crippen LogP contribution in [0.1, 0.15) is 63.5 Å². The van der Waals surface area contributed by atoms with Crippen LogP contribution in [0.2, 0.25) is 0 Å². The molecule has 3 fully saturated rings. The van der Waals surface area contributed by atoms with Crippen LogP contribution in [0.15, 0.2) is 12.3 Å². The van der Waals surface area contributed by atoms with E-state index in [1.807, 2.05) is 11.1 Å². The smallest absolute Gasteiger partial charge is 0.225 e. The molecule has 148 valence electrons. The van der Waals surface area contributed by atoms with Crippen LogP contribution >= 0.6 is 0 Å². The molecule has 0 N–H and O–H groups in total. The molecule has 6 nitrogen and oxygen atoms in total. The van der Waals surface area contributed by atoms with Crippen LogP contribution in [0.3, 0.4) is 0 Å². The molecule has 0 bridgehead atoms. The van der Waals surface area contributed by atoms with E-state index in [2.05, 4.69) is 34.8 Å². The summed E-state index contributed by atoms with van der Waals surface area (Å²) >= 11 is 0. The van der Waals surface area contributed by atoms with Crippen LogP contribution in [-0.2, 0) is 4.79 Å². The summed E-state index contributed by atoms with van der Waals surface area (Å²) in [7, 11) is 2.22. The number of hydrogen-bond donors (Lipinski definition) is 0. The zero-order valence-electron chi connectivity index (χ0n) is 16.9. The molecule has 1 unspecified atom stereocenters. The first kappa shape index (κ1) is 18.7. The van der Waals surface area contributed by atoms with Crippen LogP contribution in [0.25, 0.3) is 0 Å². The van der Waals surface area contributed by atoms with E-state index in [-0.39, 0.29) is 5.54 Å². The molecule has 0 aromatic carbocycles. The number of amides is 1. The summed E-state index contributed by atoms with van der Waals surface area (Å²) < 4.78 is 0. The Hall–Kier alpha value is -1.69. The topological polar surface area (TPSA) is 52.6 Å². The molecule has 1 amide bonds. The minimum atomic E-state index is 0.0462. The van der Waals surface area contributed by atoms with Crippen molar-refractivity contribution in [1.82, 2.24) is 19.8 Å². The van der Waals surface area contributed by atoms with Gasteiger partial charge in [0, 0.05) is 62.5 Å². The number of piperazine rings is 1. The standard InChI is InChI=1S/C21H33N5O/c1-3-25-13-11-21(10-8-19(25)27)16-26(15-14-24(21)2)20-22-12-9-18(23-20)17-6-4-5-7-17/h9,12,17H,3-8,10-11,13-16H2,1-2H3. The van der Waals surface area contributed by atoms with Crippen LogP contribution in [0, 0.1) is 0 Å². The highest BCUT2D eigenvalue weighted by atomic mass is 16.2. The third-order valence-electron chi connectivity index (χ3n) is 7.11. The van der Waals surface area contributed by atoms with Gasteiger partial charge in [-0.15, -0.1) is 0 Å². The molecule has 1 aliphatic carbocycles. The van der Waals surface area contributed by atoms with Gasteiger partial charge in [-0.25, -0.2) is 9.97 Å². The molecular formula is C21H33N5O. The molecule has 27 heavy (non-hydrogen) atoms. The van der Waals surface area contributed by atoms with Crippen LogP contribution < -0.4 is 4.90 Å². The van der Waals surface area contributed by atoms with Crippen molar-refractivity contribution < 1.29 is 4.79 Å². The van der Waals surface area contributed by atoms with Crippen LogP contribution in [0.4, 0.5) is 5.95 Å². The molecule has 0 radical (unpaired) electrons. The summed E-state index contributed by atoms with van der Waals surface area (Å²) in [6.45, 7) is 6.62. The van der Waals surface area contributed by atoms with Crippen molar-refractivity contribution in [2.24, 2.45) is 0 Å². The van der Waals surface area contributed by atoms with Gasteiger partial charge in [0.15, 0.2) is 0 Å². The Kier molecular flexibility index (Phi) is 5.35. The highest BCUT2D eigenvalue weighted by Gasteiger charge is 2.42. The van der Waals surface area contributed by atoms with Gasteiger partial charge in [0.2, 0.25) is 11.9 Å². The first-order valence-electron chi connectivity index (χ1n) is 10.7. The lowest BCUT2D eigenvalue weighted by Crippen LogP contribution is -2.61. The fraction of sp³-hybridized carbons (Fsp3) is 0.762. The van der Waals surface area contributed by atoms with Gasteiger partial charge in [-0.2, -0.15) is 0 Å². The maximum absolute atomic E-state index is 12.4. The number of aromatic nitrogens is 2. The van der Waals surface area contributed by atoms with Crippen LogP contribution in [-0.4, -0.2) is 71.0 Å². The Labute approximate surface area is 162 Å². The van der Waals surface area contributed by atoms with E-state index in [0.717, 1.165) is 51.5 Å². The quantitative estimate of drug-likeness (QED) is 0.818. The lowest BCUT2D eigenvalue weighted by molar-refractivity contribution is -0.130. The van der Waals surface area contributed by atoms with Crippen molar-refractivity contribution in [3.63, 3.8) is 0 Å². The number of carbonyl (C=O) groups excluding carboxylic acids is 1. The predicted octanol–water partition coefficient (Wildman–Crippen LogP) is 2.66. The third kappa shape index (κ3) is 3.68. The van der Waals surface area contributed by atoms with Crippen molar-refractivity contribution in [1.29, 1.82) is 0 Å². The highest BCUT2D eigenvalue weighted by Crippen LogP contribution is 2.35. The summed E-state index contributed by atoms with van der Waals surface area (Å²) in [6, 6.07) is 2.11. The Balaban J connectivity index is 1.53. The number of anilines is 1. The van der Waals surface area contributed by atoms with Gasteiger partial charge in [0.25, 0.3) is 0 Å². The van der Waals surface area contributed by atoms with E-state index < -0.39 is 0 Å². The largest absolute Gasteiger partial charge is 0.343 e. The maximum atomic E-state index is 12.4. The number of carbonyl (C=O) groups is 1. The zero-order chi connectivity index (χ0) is 18.9. The number of rotatable bonds is 3. The molecular weight excluding hydrogens is 338 g/mol. The monoisotopic (exact) mass is 371 g/mol. The Bertz CT molecular complexity index is 674. The Morgan fingerprint density at radius 3 is 2.78 bits per heavy atom. The molecule has 3 heterocycles. The molecule has 1 spiro atoms. The van der Waals surface area contributed by atoms with Gasteiger partial charge >= 0.3 is 0 Å². The summed E-state index contributed by atoms with van der Waals surface area (Å²) in [5.41, 5.74) is 1.27. The van der Waals surface area contributed by atoms with Gasteiger partial charge in [0.05, 0.1) is 0 Å². The molecule has 4 rings (SSSR count). The molecule has 2 aliphatic heterocycles. The van der Waals surface area contributed by atoms with Crippen molar-refractivity contribution in [3.8, 4) is 0 Å². The predicted molar refractivity (Wildman–Crippen MR) is 107 cm³/mol. The molecule has 1 aromatic rings. The van der Waals surface area contributed by atoms with E-state index in [9.17, 15) is 4.79 Å². The van der Waals surface area contributed by atoms with Crippen molar-refractivity contribution in [2.45, 2.75) is 63.3 Å². The van der Waals surface area contributed by atoms with Crippen LogP contribution in [0.5, 0.6) is 0 Å². The van der Waals surface area contributed by atoms with Gasteiger partial charge in [-0.1, -0.05) is 12.8 Å². The average molecular weight is 372 g/mol. The average Bonchev–Trinajstić information content (AvgIpc) is 3.18. The highest BCUT2D eigenvalue weighted by molar-refractivity contribution is 5.76. The molecule has 3 aliphatic rings. The van der Waals surface area contributed by atoms with Gasteiger partial charge in [-0.05, 0) is 45.7 Å². The Morgan fingerprint density at radius 1 is 1.19 bits per heavy atom. The minimum absolute atomic E-state index is 0.0462. The number of likely N-dealkylation sites (N-methyl/N-ethyl adjacent to an activating group) is 1. The lowest BCUT2D eigenvalue weighted by Gasteiger charge is -2.49. The van der Waals surface area contributed by atoms with E-state index in [0.29, 0.717) is 18.2 Å². The van der Waals surface area contributed by atoms with Gasteiger partial charge in [-0.3, -0.25) is 9.69 Å². The van der Waals surface area contributed by atoms with Crippen molar-refractivity contribution in [2.75, 3.05) is 44.7 Å².